The van der Waals surface area contributed by atoms with Gasteiger partial charge in [0.2, 0.25) is 5.91 Å². The Morgan fingerprint density at radius 3 is 2.46 bits per heavy atom. The number of methoxy groups -OCH3 is 1. The van der Waals surface area contributed by atoms with E-state index in [0.717, 1.165) is 5.56 Å². The number of ether oxygens (including phenoxy) is 1. The summed E-state index contributed by atoms with van der Waals surface area (Å²) in [7, 11) is 3.11. The Kier molecular flexibility index (Phi) is 5.82. The molecule has 0 aliphatic carbocycles. The van der Waals surface area contributed by atoms with Crippen molar-refractivity contribution < 1.29 is 14.3 Å². The minimum absolute atomic E-state index is 0.0299. The first kappa shape index (κ1) is 17.8. The fraction of sp³-hybridized carbons (Fsp3) is 0.222. The fourth-order valence-corrected chi connectivity index (χ4v) is 2.68. The highest BCUT2D eigenvalue weighted by Gasteiger charge is 2.26. The van der Waals surface area contributed by atoms with Crippen molar-refractivity contribution >= 4 is 23.4 Å². The minimum atomic E-state index is -0.480. The van der Waals surface area contributed by atoms with E-state index in [1.807, 2.05) is 30.3 Å². The van der Waals surface area contributed by atoms with Gasteiger partial charge in [0.1, 0.15) is 5.75 Å². The number of nitrogens with two attached hydrogens (primary N) is 1. The van der Waals surface area contributed by atoms with Gasteiger partial charge in [0.05, 0.1) is 25.1 Å². The zero-order valence-corrected chi connectivity index (χ0v) is 14.3. The van der Waals surface area contributed by atoms with Gasteiger partial charge in [-0.15, -0.1) is 0 Å². The van der Waals surface area contributed by atoms with Crippen LogP contribution < -0.4 is 10.5 Å². The first-order valence-electron chi connectivity index (χ1n) is 7.38. The molecule has 0 radical (unpaired) electrons. The number of amides is 2. The van der Waals surface area contributed by atoms with E-state index in [4.69, 9.17) is 22.1 Å². The number of rotatable bonds is 6. The van der Waals surface area contributed by atoms with Crippen LogP contribution in [0.4, 0.5) is 0 Å². The van der Waals surface area contributed by atoms with Crippen LogP contribution in [0.5, 0.6) is 5.75 Å². The topological polar surface area (TPSA) is 72.6 Å². The van der Waals surface area contributed by atoms with E-state index in [9.17, 15) is 9.59 Å². The summed E-state index contributed by atoms with van der Waals surface area (Å²) in [4.78, 5) is 25.8. The van der Waals surface area contributed by atoms with E-state index in [1.165, 1.54) is 12.0 Å². The van der Waals surface area contributed by atoms with Crippen molar-refractivity contribution in [1.29, 1.82) is 0 Å². The van der Waals surface area contributed by atoms with Crippen molar-refractivity contribution in [2.75, 3.05) is 14.2 Å². The maximum absolute atomic E-state index is 12.9. The lowest BCUT2D eigenvalue weighted by atomic mass is 10.0. The lowest BCUT2D eigenvalue weighted by Gasteiger charge is -2.28. The van der Waals surface area contributed by atoms with E-state index >= 15 is 0 Å². The Labute approximate surface area is 146 Å². The Morgan fingerprint density at radius 2 is 1.88 bits per heavy atom. The van der Waals surface area contributed by atoms with Crippen molar-refractivity contribution in [3.8, 4) is 5.75 Å². The van der Waals surface area contributed by atoms with Crippen LogP contribution >= 0.6 is 11.6 Å². The molecule has 2 amide bonds. The summed E-state index contributed by atoms with van der Waals surface area (Å²) in [5, 5.41) is 0.475. The second-order valence-corrected chi connectivity index (χ2v) is 5.79. The van der Waals surface area contributed by atoms with Crippen LogP contribution in [-0.4, -0.2) is 30.9 Å². The van der Waals surface area contributed by atoms with E-state index in [1.54, 1.807) is 25.2 Å². The average molecular weight is 347 g/mol. The monoisotopic (exact) mass is 346 g/mol. The fourth-order valence-electron chi connectivity index (χ4n) is 2.52. The van der Waals surface area contributed by atoms with Crippen LogP contribution in [0, 0.1) is 0 Å². The van der Waals surface area contributed by atoms with Gasteiger partial charge in [-0.05, 0) is 23.8 Å². The van der Waals surface area contributed by atoms with Crippen LogP contribution in [0.1, 0.15) is 28.4 Å². The molecular formula is C18H19ClN2O3. The van der Waals surface area contributed by atoms with Crippen LogP contribution in [0.25, 0.3) is 0 Å². The number of nitrogens with zero attached hydrogens (tertiary/aromatic N) is 1. The summed E-state index contributed by atoms with van der Waals surface area (Å²) >= 11 is 5.94. The molecule has 0 saturated heterocycles. The van der Waals surface area contributed by atoms with Gasteiger partial charge in [-0.3, -0.25) is 9.59 Å². The number of benzene rings is 2. The molecule has 2 aromatic rings. The van der Waals surface area contributed by atoms with Gasteiger partial charge >= 0.3 is 0 Å². The van der Waals surface area contributed by atoms with Crippen LogP contribution in [0.15, 0.2) is 48.5 Å². The predicted molar refractivity (Wildman–Crippen MR) is 93.1 cm³/mol. The summed E-state index contributed by atoms with van der Waals surface area (Å²) in [6.45, 7) is 0. The first-order valence-corrected chi connectivity index (χ1v) is 7.75. The van der Waals surface area contributed by atoms with Gasteiger partial charge in [0.25, 0.3) is 5.91 Å². The normalized spacial score (nSPS) is 11.6. The molecule has 0 fully saturated rings. The van der Waals surface area contributed by atoms with E-state index in [2.05, 4.69) is 0 Å². The number of primary amides is 1. The zero-order chi connectivity index (χ0) is 17.7. The van der Waals surface area contributed by atoms with Crippen LogP contribution in [0.3, 0.4) is 0 Å². The molecule has 6 heteroatoms. The zero-order valence-electron chi connectivity index (χ0n) is 13.5. The highest BCUT2D eigenvalue weighted by molar-refractivity contribution is 6.30. The summed E-state index contributed by atoms with van der Waals surface area (Å²) in [5.41, 5.74) is 6.57. The molecule has 2 N–H and O–H groups in total. The molecule has 5 nitrogen and oxygen atoms in total. The molecule has 24 heavy (non-hydrogen) atoms. The quantitative estimate of drug-likeness (QED) is 0.873. The third kappa shape index (κ3) is 4.06. The number of carbonyl (C=O) groups is 2. The SMILES string of the molecule is COc1cc(Cl)ccc1C(=O)N(C)[C@@H](CC(N)=O)c1ccccc1. The standard InChI is InChI=1S/C18H19ClN2O3/c1-21(15(11-17(20)22)12-6-4-3-5-7-12)18(23)14-9-8-13(19)10-16(14)24-2/h3-10,15H,11H2,1-2H3,(H2,20,22)/t15-/m0/s1. The van der Waals surface area contributed by atoms with Gasteiger partial charge in [-0.2, -0.15) is 0 Å². The van der Waals surface area contributed by atoms with Crippen molar-refractivity contribution in [3.63, 3.8) is 0 Å². The number of halogens is 1. The number of hydrogen-bond acceptors (Lipinski definition) is 3. The van der Waals surface area contributed by atoms with Gasteiger partial charge in [-0.25, -0.2) is 0 Å². The Morgan fingerprint density at radius 1 is 1.21 bits per heavy atom. The van der Waals surface area contributed by atoms with E-state index in [0.29, 0.717) is 16.3 Å². The summed E-state index contributed by atoms with van der Waals surface area (Å²) < 4.78 is 5.24. The molecule has 0 heterocycles. The first-order chi connectivity index (χ1) is 11.4. The van der Waals surface area contributed by atoms with Crippen LogP contribution in [0.2, 0.25) is 5.02 Å². The molecule has 0 unspecified atom stereocenters. The third-order valence-corrected chi connectivity index (χ3v) is 4.00. The summed E-state index contributed by atoms with van der Waals surface area (Å²) in [5.74, 6) is -0.379. The van der Waals surface area contributed by atoms with E-state index in [-0.39, 0.29) is 12.3 Å². The van der Waals surface area contributed by atoms with Gasteiger partial charge in [0.15, 0.2) is 0 Å². The Hall–Kier alpha value is -2.53. The maximum Gasteiger partial charge on any atom is 0.257 e. The molecule has 126 valence electrons. The smallest absolute Gasteiger partial charge is 0.257 e. The molecule has 0 spiro atoms. The highest BCUT2D eigenvalue weighted by Crippen LogP contribution is 2.29. The second-order valence-electron chi connectivity index (χ2n) is 5.36. The molecule has 2 rings (SSSR count). The lowest BCUT2D eigenvalue weighted by Crippen LogP contribution is -2.34. The maximum atomic E-state index is 12.9. The number of carbonyl (C=O) groups excluding carboxylic acids is 2. The minimum Gasteiger partial charge on any atom is -0.496 e. The molecular weight excluding hydrogens is 328 g/mol. The molecule has 2 aromatic carbocycles. The summed E-state index contributed by atoms with van der Waals surface area (Å²) in [6, 6.07) is 13.6. The molecule has 0 aliphatic heterocycles. The molecule has 0 aliphatic rings. The number of hydrogen-bond donors (Lipinski definition) is 1. The van der Waals surface area contributed by atoms with Gasteiger partial charge < -0.3 is 15.4 Å². The van der Waals surface area contributed by atoms with Crippen molar-refractivity contribution in [1.82, 2.24) is 4.90 Å². The Bertz CT molecular complexity index is 734. The van der Waals surface area contributed by atoms with Crippen molar-refractivity contribution in [3.05, 3.63) is 64.7 Å². The Balaban J connectivity index is 2.37. The molecule has 0 aromatic heterocycles. The molecule has 1 atom stereocenters. The lowest BCUT2D eigenvalue weighted by molar-refractivity contribution is -0.119. The van der Waals surface area contributed by atoms with Gasteiger partial charge in [0, 0.05) is 12.1 Å². The largest absolute Gasteiger partial charge is 0.496 e. The average Bonchev–Trinajstić information content (AvgIpc) is 2.59. The van der Waals surface area contributed by atoms with Gasteiger partial charge in [-0.1, -0.05) is 41.9 Å². The van der Waals surface area contributed by atoms with E-state index < -0.39 is 11.9 Å². The van der Waals surface area contributed by atoms with Crippen molar-refractivity contribution in [2.45, 2.75) is 12.5 Å². The second kappa shape index (κ2) is 7.84. The highest BCUT2D eigenvalue weighted by atomic mass is 35.5. The summed E-state index contributed by atoms with van der Waals surface area (Å²) in [6.07, 6.45) is 0.0299. The third-order valence-electron chi connectivity index (χ3n) is 3.76. The van der Waals surface area contributed by atoms with Crippen LogP contribution in [-0.2, 0) is 4.79 Å². The van der Waals surface area contributed by atoms with Crippen molar-refractivity contribution in [2.24, 2.45) is 5.73 Å². The molecule has 0 bridgehead atoms. The molecule has 0 saturated carbocycles. The predicted octanol–water partition coefficient (Wildman–Crippen LogP) is 3.04.